The van der Waals surface area contributed by atoms with Crippen LogP contribution in [-0.4, -0.2) is 15.6 Å². The third-order valence-electron chi connectivity index (χ3n) is 3.53. The number of rotatable bonds is 6. The lowest BCUT2D eigenvalue weighted by molar-refractivity contribution is 0.576. The number of nitrogens with zero attached hydrogens (tertiary/aromatic N) is 2. The lowest BCUT2D eigenvalue weighted by Crippen LogP contribution is -2.18. The minimum atomic E-state index is -0.125. The topological polar surface area (TPSA) is 29.9 Å². The van der Waals surface area contributed by atoms with Gasteiger partial charge in [0.1, 0.15) is 5.82 Å². The van der Waals surface area contributed by atoms with E-state index in [-0.39, 0.29) is 5.82 Å². The molecule has 0 atom stereocenters. The predicted molar refractivity (Wildman–Crippen MR) is 72.2 cm³/mol. The number of hydrogen-bond acceptors (Lipinski definition) is 2. The minimum absolute atomic E-state index is 0.125. The Labute approximate surface area is 112 Å². The maximum atomic E-state index is 13.5. The largest absolute Gasteiger partial charge is 0.333 e. The molecule has 1 aliphatic rings. The van der Waals surface area contributed by atoms with Crippen LogP contribution in [0.2, 0.25) is 0 Å². The van der Waals surface area contributed by atoms with Crippen LogP contribution in [0.15, 0.2) is 36.8 Å². The van der Waals surface area contributed by atoms with Gasteiger partial charge in [-0.05, 0) is 30.9 Å². The van der Waals surface area contributed by atoms with Crippen LogP contribution < -0.4 is 5.32 Å². The molecule has 1 aromatic heterocycles. The third-order valence-corrected chi connectivity index (χ3v) is 3.53. The number of aryl methyl sites for hydroxylation is 2. The van der Waals surface area contributed by atoms with Gasteiger partial charge in [0, 0.05) is 25.3 Å². The first-order chi connectivity index (χ1) is 9.33. The molecular weight excluding hydrogens is 241 g/mol. The maximum absolute atomic E-state index is 13.5. The molecule has 19 heavy (non-hydrogen) atoms. The lowest BCUT2D eigenvalue weighted by atomic mass is 10.1. The van der Waals surface area contributed by atoms with Crippen molar-refractivity contribution in [1.82, 2.24) is 14.9 Å². The highest BCUT2D eigenvalue weighted by atomic mass is 19.1. The van der Waals surface area contributed by atoms with Crippen LogP contribution in [-0.2, 0) is 19.5 Å². The first-order valence-corrected chi connectivity index (χ1v) is 6.79. The minimum Gasteiger partial charge on any atom is -0.333 e. The van der Waals surface area contributed by atoms with Gasteiger partial charge in [-0.25, -0.2) is 9.37 Å². The molecule has 0 radical (unpaired) electrons. The molecule has 0 aliphatic heterocycles. The summed E-state index contributed by atoms with van der Waals surface area (Å²) in [5.74, 6) is -0.125. The Kier molecular flexibility index (Phi) is 3.60. The highest BCUT2D eigenvalue weighted by molar-refractivity contribution is 5.17. The second-order valence-electron chi connectivity index (χ2n) is 5.07. The van der Waals surface area contributed by atoms with E-state index in [0.29, 0.717) is 12.5 Å². The first kappa shape index (κ1) is 12.4. The van der Waals surface area contributed by atoms with Crippen LogP contribution >= 0.6 is 0 Å². The third kappa shape index (κ3) is 3.20. The van der Waals surface area contributed by atoms with E-state index in [0.717, 1.165) is 18.7 Å². The van der Waals surface area contributed by atoms with Crippen molar-refractivity contribution in [2.45, 2.75) is 38.4 Å². The molecule has 100 valence electrons. The van der Waals surface area contributed by atoms with Crippen molar-refractivity contribution in [2.75, 3.05) is 0 Å². The monoisotopic (exact) mass is 259 g/mol. The quantitative estimate of drug-likeness (QED) is 0.864. The van der Waals surface area contributed by atoms with Gasteiger partial charge in [0.05, 0.1) is 12.0 Å². The van der Waals surface area contributed by atoms with Crippen LogP contribution in [0, 0.1) is 5.82 Å². The van der Waals surface area contributed by atoms with Gasteiger partial charge in [-0.3, -0.25) is 0 Å². The van der Waals surface area contributed by atoms with Crippen molar-refractivity contribution in [3.8, 4) is 0 Å². The Hall–Kier alpha value is -1.68. The maximum Gasteiger partial charge on any atom is 0.126 e. The van der Waals surface area contributed by atoms with Crippen molar-refractivity contribution >= 4 is 0 Å². The average molecular weight is 259 g/mol. The molecule has 3 rings (SSSR count). The van der Waals surface area contributed by atoms with Crippen molar-refractivity contribution in [1.29, 1.82) is 0 Å². The number of hydrogen-bond donors (Lipinski definition) is 1. The van der Waals surface area contributed by atoms with E-state index in [9.17, 15) is 4.39 Å². The summed E-state index contributed by atoms with van der Waals surface area (Å²) in [6, 6.07) is 7.64. The zero-order valence-electron chi connectivity index (χ0n) is 10.8. The Morgan fingerprint density at radius 1 is 1.32 bits per heavy atom. The number of benzene rings is 1. The molecule has 0 unspecified atom stereocenters. The summed E-state index contributed by atoms with van der Waals surface area (Å²) >= 11 is 0. The molecule has 4 heteroatoms. The molecule has 1 heterocycles. The van der Waals surface area contributed by atoms with Gasteiger partial charge in [-0.1, -0.05) is 18.2 Å². The van der Waals surface area contributed by atoms with E-state index in [1.54, 1.807) is 6.07 Å². The highest BCUT2D eigenvalue weighted by Crippen LogP contribution is 2.19. The fraction of sp³-hybridized carbons (Fsp3) is 0.400. The second kappa shape index (κ2) is 5.53. The van der Waals surface area contributed by atoms with Crippen LogP contribution in [0.4, 0.5) is 4.39 Å². The molecule has 0 spiro atoms. The van der Waals surface area contributed by atoms with Crippen molar-refractivity contribution in [3.05, 3.63) is 53.9 Å². The Morgan fingerprint density at radius 3 is 2.95 bits per heavy atom. The van der Waals surface area contributed by atoms with Gasteiger partial charge < -0.3 is 9.88 Å². The standard InChI is InChI=1S/C15H18FN3/c16-15-4-2-1-3-12(15)7-8-19-11-17-9-14(19)10-18-13-5-6-13/h1-4,9,11,13,18H,5-8,10H2. The summed E-state index contributed by atoms with van der Waals surface area (Å²) in [4.78, 5) is 4.18. The summed E-state index contributed by atoms with van der Waals surface area (Å²) in [6.07, 6.45) is 6.97. The van der Waals surface area contributed by atoms with Crippen LogP contribution in [0.25, 0.3) is 0 Å². The molecule has 0 bridgehead atoms. The summed E-state index contributed by atoms with van der Waals surface area (Å²) in [7, 11) is 0. The smallest absolute Gasteiger partial charge is 0.126 e. The second-order valence-corrected chi connectivity index (χ2v) is 5.07. The molecule has 0 saturated heterocycles. The molecule has 2 aromatic rings. The molecule has 1 aliphatic carbocycles. The predicted octanol–water partition coefficient (Wildman–Crippen LogP) is 2.52. The SMILES string of the molecule is Fc1ccccc1CCn1cncc1CNC1CC1. The van der Waals surface area contributed by atoms with E-state index >= 15 is 0 Å². The Balaban J connectivity index is 1.60. The Bertz CT molecular complexity index is 546. The van der Waals surface area contributed by atoms with Gasteiger partial charge in [0.25, 0.3) is 0 Å². The summed E-state index contributed by atoms with van der Waals surface area (Å²) in [5, 5.41) is 3.47. The number of halogens is 1. The summed E-state index contributed by atoms with van der Waals surface area (Å²) < 4.78 is 15.6. The molecule has 0 amide bonds. The Morgan fingerprint density at radius 2 is 2.16 bits per heavy atom. The lowest BCUT2D eigenvalue weighted by Gasteiger charge is -2.09. The van der Waals surface area contributed by atoms with Crippen molar-refractivity contribution in [3.63, 3.8) is 0 Å². The molecule has 1 fully saturated rings. The van der Waals surface area contributed by atoms with Crippen molar-refractivity contribution in [2.24, 2.45) is 0 Å². The normalized spacial score (nSPS) is 14.8. The van der Waals surface area contributed by atoms with E-state index in [2.05, 4.69) is 14.9 Å². The van der Waals surface area contributed by atoms with Gasteiger partial charge in [-0.2, -0.15) is 0 Å². The fourth-order valence-electron chi connectivity index (χ4n) is 2.18. The van der Waals surface area contributed by atoms with Crippen LogP contribution in [0.1, 0.15) is 24.1 Å². The van der Waals surface area contributed by atoms with E-state index in [1.807, 2.05) is 24.7 Å². The first-order valence-electron chi connectivity index (χ1n) is 6.79. The summed E-state index contributed by atoms with van der Waals surface area (Å²) in [6.45, 7) is 1.62. The van der Waals surface area contributed by atoms with Gasteiger partial charge in [0.2, 0.25) is 0 Å². The van der Waals surface area contributed by atoms with E-state index in [4.69, 9.17) is 0 Å². The van der Waals surface area contributed by atoms with Crippen LogP contribution in [0.5, 0.6) is 0 Å². The van der Waals surface area contributed by atoms with E-state index < -0.39 is 0 Å². The van der Waals surface area contributed by atoms with Gasteiger partial charge in [0.15, 0.2) is 0 Å². The zero-order valence-corrected chi connectivity index (χ0v) is 10.8. The van der Waals surface area contributed by atoms with E-state index in [1.165, 1.54) is 24.6 Å². The molecular formula is C15H18FN3. The van der Waals surface area contributed by atoms with Crippen molar-refractivity contribution < 1.29 is 4.39 Å². The van der Waals surface area contributed by atoms with Gasteiger partial charge in [-0.15, -0.1) is 0 Å². The molecule has 1 aromatic carbocycles. The number of aromatic nitrogens is 2. The average Bonchev–Trinajstić information content (AvgIpc) is 3.14. The fourth-order valence-corrected chi connectivity index (χ4v) is 2.18. The number of nitrogens with one attached hydrogen (secondary N) is 1. The van der Waals surface area contributed by atoms with Gasteiger partial charge >= 0.3 is 0 Å². The number of imidazole rings is 1. The highest BCUT2D eigenvalue weighted by Gasteiger charge is 2.20. The summed E-state index contributed by atoms with van der Waals surface area (Å²) in [5.41, 5.74) is 1.93. The zero-order chi connectivity index (χ0) is 13.1. The molecule has 1 saturated carbocycles. The molecule has 3 nitrogen and oxygen atoms in total. The van der Waals surface area contributed by atoms with Crippen LogP contribution in [0.3, 0.4) is 0 Å². The molecule has 1 N–H and O–H groups in total.